The molecule has 7 heteroatoms. The van der Waals surface area contributed by atoms with Crippen molar-refractivity contribution in [1.82, 2.24) is 15.0 Å². The van der Waals surface area contributed by atoms with Crippen LogP contribution in [0.1, 0.15) is 75.6 Å². The third-order valence-corrected chi connectivity index (χ3v) is 6.97. The number of hydrogen-bond acceptors (Lipinski definition) is 6. The highest BCUT2D eigenvalue weighted by atomic mass is 16.5. The molecule has 7 nitrogen and oxygen atoms in total. The number of unbranched alkanes of at least 4 members (excludes halogenated alkanes) is 2. The first-order valence-corrected chi connectivity index (χ1v) is 13.9. The van der Waals surface area contributed by atoms with Gasteiger partial charge in [0.25, 0.3) is 0 Å². The minimum Gasteiger partial charge on any atom is -0.507 e. The van der Waals surface area contributed by atoms with Crippen LogP contribution in [0.4, 0.5) is 0 Å². The van der Waals surface area contributed by atoms with Crippen LogP contribution in [0.2, 0.25) is 0 Å². The Morgan fingerprint density at radius 1 is 1.18 bits per heavy atom. The van der Waals surface area contributed by atoms with Gasteiger partial charge in [-0.15, -0.1) is 11.7 Å². The molecule has 1 aromatic heterocycles. The van der Waals surface area contributed by atoms with Gasteiger partial charge < -0.3 is 19.3 Å². The zero-order valence-corrected chi connectivity index (χ0v) is 23.5. The Labute approximate surface area is 228 Å². The van der Waals surface area contributed by atoms with Crippen molar-refractivity contribution in [2.24, 2.45) is 5.92 Å². The van der Waals surface area contributed by atoms with Gasteiger partial charge in [0, 0.05) is 11.5 Å². The van der Waals surface area contributed by atoms with E-state index in [0.29, 0.717) is 45.3 Å². The summed E-state index contributed by atoms with van der Waals surface area (Å²) in [5, 5.41) is 19.3. The van der Waals surface area contributed by atoms with Gasteiger partial charge >= 0.3 is 0 Å². The zero-order chi connectivity index (χ0) is 27.3. The third-order valence-electron chi connectivity index (χ3n) is 6.97. The van der Waals surface area contributed by atoms with E-state index >= 15 is 0 Å². The van der Waals surface area contributed by atoms with E-state index in [4.69, 9.17) is 14.2 Å². The van der Waals surface area contributed by atoms with Gasteiger partial charge in [0.05, 0.1) is 39.2 Å². The number of benzene rings is 1. The van der Waals surface area contributed by atoms with Crippen LogP contribution in [-0.2, 0) is 29.0 Å². The van der Waals surface area contributed by atoms with Crippen LogP contribution in [0.15, 0.2) is 54.8 Å². The standard InChI is InChI=1S/C31H45N3O4/c1-6-8-9-10-25-19-29(35)31(28-18-24(5)11-12-27(28)23(3)4)30(20-25)38-17-16-36-14-15-37-22-26-21-34(13-7-2)33-32-26/h7,18-21,27-28,35H,2-3,6,8-17,22H2,1,4-5H3. The molecule has 1 heterocycles. The molecule has 2 unspecified atom stereocenters. The van der Waals surface area contributed by atoms with E-state index in [1.54, 1.807) is 10.8 Å². The second-order valence-electron chi connectivity index (χ2n) is 10.2. The van der Waals surface area contributed by atoms with Gasteiger partial charge in [0.1, 0.15) is 23.8 Å². The lowest BCUT2D eigenvalue weighted by molar-refractivity contribution is 0.0292. The molecule has 3 rings (SSSR count). The first kappa shape index (κ1) is 29.7. The Morgan fingerprint density at radius 3 is 2.74 bits per heavy atom. The van der Waals surface area contributed by atoms with Gasteiger partial charge in [-0.3, -0.25) is 0 Å². The van der Waals surface area contributed by atoms with Gasteiger partial charge in [0.15, 0.2) is 0 Å². The second kappa shape index (κ2) is 15.5. The molecular weight excluding hydrogens is 478 g/mol. The SMILES string of the molecule is C=CCn1cc(COCCOCCOc2cc(CCCCC)cc(O)c2C2C=C(C)CCC2C(=C)C)nn1. The molecule has 38 heavy (non-hydrogen) atoms. The molecule has 1 aliphatic rings. The molecule has 0 spiro atoms. The first-order chi connectivity index (χ1) is 18.4. The molecule has 2 atom stereocenters. The van der Waals surface area contributed by atoms with Gasteiger partial charge in [-0.1, -0.05) is 54.9 Å². The second-order valence-corrected chi connectivity index (χ2v) is 10.2. The molecule has 0 amide bonds. The molecule has 208 valence electrons. The summed E-state index contributed by atoms with van der Waals surface area (Å²) in [6.07, 6.45) is 12.4. The summed E-state index contributed by atoms with van der Waals surface area (Å²) in [6, 6.07) is 4.04. The average molecular weight is 524 g/mol. The monoisotopic (exact) mass is 523 g/mol. The fourth-order valence-electron chi connectivity index (χ4n) is 4.98. The predicted octanol–water partition coefficient (Wildman–Crippen LogP) is 6.53. The highest BCUT2D eigenvalue weighted by Crippen LogP contribution is 2.47. The van der Waals surface area contributed by atoms with Crippen molar-refractivity contribution in [3.63, 3.8) is 0 Å². The van der Waals surface area contributed by atoms with Crippen LogP contribution in [-0.4, -0.2) is 46.5 Å². The maximum Gasteiger partial charge on any atom is 0.127 e. The summed E-state index contributed by atoms with van der Waals surface area (Å²) in [5.74, 6) is 1.40. The summed E-state index contributed by atoms with van der Waals surface area (Å²) in [7, 11) is 0. The van der Waals surface area contributed by atoms with Crippen molar-refractivity contribution in [1.29, 1.82) is 0 Å². The van der Waals surface area contributed by atoms with Crippen LogP contribution >= 0.6 is 0 Å². The molecule has 1 N–H and O–H groups in total. The minimum atomic E-state index is 0.0553. The van der Waals surface area contributed by atoms with E-state index in [0.717, 1.165) is 60.2 Å². The average Bonchev–Trinajstić information content (AvgIpc) is 3.33. The van der Waals surface area contributed by atoms with Crippen molar-refractivity contribution >= 4 is 0 Å². The van der Waals surface area contributed by atoms with E-state index < -0.39 is 0 Å². The molecule has 1 aromatic carbocycles. The van der Waals surface area contributed by atoms with Crippen LogP contribution in [0.5, 0.6) is 11.5 Å². The van der Waals surface area contributed by atoms with Gasteiger partial charge in [-0.05, 0) is 63.1 Å². The van der Waals surface area contributed by atoms with E-state index in [2.05, 4.69) is 56.4 Å². The van der Waals surface area contributed by atoms with Crippen LogP contribution in [0.3, 0.4) is 0 Å². The molecule has 2 aromatic rings. The van der Waals surface area contributed by atoms with Crippen LogP contribution in [0, 0.1) is 5.92 Å². The fraction of sp³-hybridized carbons (Fsp3) is 0.548. The number of hydrogen-bond donors (Lipinski definition) is 1. The summed E-state index contributed by atoms with van der Waals surface area (Å²) < 4.78 is 19.4. The smallest absolute Gasteiger partial charge is 0.127 e. The largest absolute Gasteiger partial charge is 0.507 e. The van der Waals surface area contributed by atoms with Crippen molar-refractivity contribution < 1.29 is 19.3 Å². The molecule has 0 bridgehead atoms. The molecule has 0 saturated heterocycles. The minimum absolute atomic E-state index is 0.0553. The molecule has 0 fully saturated rings. The van der Waals surface area contributed by atoms with Crippen molar-refractivity contribution in [3.8, 4) is 11.5 Å². The number of rotatable bonds is 17. The molecular formula is C31H45N3O4. The normalized spacial score (nSPS) is 17.3. The maximum absolute atomic E-state index is 11.2. The lowest BCUT2D eigenvalue weighted by atomic mass is 9.73. The summed E-state index contributed by atoms with van der Waals surface area (Å²) in [5.41, 5.74) is 5.24. The number of aromatic hydroxyl groups is 1. The van der Waals surface area contributed by atoms with Crippen molar-refractivity contribution in [2.45, 2.75) is 78.4 Å². The van der Waals surface area contributed by atoms with E-state index in [9.17, 15) is 5.11 Å². The highest BCUT2D eigenvalue weighted by molar-refractivity contribution is 5.52. The number of nitrogens with zero attached hydrogens (tertiary/aromatic N) is 3. The third kappa shape index (κ3) is 8.84. The van der Waals surface area contributed by atoms with Gasteiger partial charge in [0.2, 0.25) is 0 Å². The zero-order valence-electron chi connectivity index (χ0n) is 23.5. The van der Waals surface area contributed by atoms with E-state index in [-0.39, 0.29) is 11.8 Å². The van der Waals surface area contributed by atoms with Crippen LogP contribution in [0.25, 0.3) is 0 Å². The van der Waals surface area contributed by atoms with E-state index in [1.807, 2.05) is 12.3 Å². The summed E-state index contributed by atoms with van der Waals surface area (Å²) in [4.78, 5) is 0. The first-order valence-electron chi connectivity index (χ1n) is 13.9. The van der Waals surface area contributed by atoms with Crippen molar-refractivity contribution in [3.05, 3.63) is 71.6 Å². The Bertz CT molecular complexity index is 1080. The number of aryl methyl sites for hydroxylation is 1. The Balaban J connectivity index is 1.57. The van der Waals surface area contributed by atoms with Crippen LogP contribution < -0.4 is 4.74 Å². The maximum atomic E-state index is 11.2. The highest BCUT2D eigenvalue weighted by Gasteiger charge is 2.30. The van der Waals surface area contributed by atoms with E-state index in [1.165, 1.54) is 12.0 Å². The number of allylic oxidation sites excluding steroid dienone is 4. The summed E-state index contributed by atoms with van der Waals surface area (Å²) >= 11 is 0. The number of phenols is 1. The lowest BCUT2D eigenvalue weighted by Gasteiger charge is -2.32. The topological polar surface area (TPSA) is 78.6 Å². The number of phenolic OH excluding ortho intramolecular Hbond substituents is 1. The fourth-order valence-corrected chi connectivity index (χ4v) is 4.98. The quantitative estimate of drug-likeness (QED) is 0.188. The Kier molecular flexibility index (Phi) is 12.1. The molecule has 0 saturated carbocycles. The molecule has 1 aliphatic carbocycles. The van der Waals surface area contributed by atoms with Gasteiger partial charge in [-0.2, -0.15) is 0 Å². The van der Waals surface area contributed by atoms with Crippen molar-refractivity contribution in [2.75, 3.05) is 26.4 Å². The van der Waals surface area contributed by atoms with Gasteiger partial charge in [-0.25, -0.2) is 4.68 Å². The molecule has 0 aliphatic heterocycles. The molecule has 0 radical (unpaired) electrons. The number of aromatic nitrogens is 3. The Hall–Kier alpha value is -2.90. The lowest BCUT2D eigenvalue weighted by Crippen LogP contribution is -2.19. The predicted molar refractivity (Wildman–Crippen MR) is 152 cm³/mol. The summed E-state index contributed by atoms with van der Waals surface area (Å²) in [6.45, 7) is 17.2. The Morgan fingerprint density at radius 2 is 1.97 bits per heavy atom. The number of ether oxygens (including phenoxy) is 3.